The highest BCUT2D eigenvalue weighted by Crippen LogP contribution is 2.32. The predicted octanol–water partition coefficient (Wildman–Crippen LogP) is 1.85. The van der Waals surface area contributed by atoms with Crippen molar-refractivity contribution in [1.29, 1.82) is 5.41 Å². The lowest BCUT2D eigenvalue weighted by atomic mass is 10.2. The van der Waals surface area contributed by atoms with Crippen LogP contribution in [-0.2, 0) is 0 Å². The second kappa shape index (κ2) is 4.51. The van der Waals surface area contributed by atoms with E-state index in [1.807, 2.05) is 6.92 Å². The first-order chi connectivity index (χ1) is 7.65. The van der Waals surface area contributed by atoms with E-state index in [0.717, 1.165) is 18.0 Å². The highest BCUT2D eigenvalue weighted by molar-refractivity contribution is 5.95. The lowest BCUT2D eigenvalue weighted by Gasteiger charge is -2.07. The van der Waals surface area contributed by atoms with Gasteiger partial charge in [-0.2, -0.15) is 0 Å². The van der Waals surface area contributed by atoms with Crippen molar-refractivity contribution in [3.63, 3.8) is 0 Å². The van der Waals surface area contributed by atoms with E-state index < -0.39 is 0 Å². The van der Waals surface area contributed by atoms with Gasteiger partial charge in [0.25, 0.3) is 0 Å². The Labute approximate surface area is 95.3 Å². The summed E-state index contributed by atoms with van der Waals surface area (Å²) in [6, 6.07) is 3.51. The molecule has 4 nitrogen and oxygen atoms in total. The van der Waals surface area contributed by atoms with Gasteiger partial charge in [0.2, 0.25) is 5.88 Å². The molecule has 2 rings (SSSR count). The number of aromatic nitrogens is 1. The van der Waals surface area contributed by atoms with E-state index in [1.54, 1.807) is 12.1 Å². The number of nitrogen functional groups attached to an aromatic ring is 1. The fourth-order valence-corrected chi connectivity index (χ4v) is 1.60. The fraction of sp³-hybridized carbons (Fsp3) is 0.500. The van der Waals surface area contributed by atoms with Gasteiger partial charge in [0.05, 0.1) is 6.61 Å². The first-order valence-corrected chi connectivity index (χ1v) is 5.61. The van der Waals surface area contributed by atoms with Gasteiger partial charge in [-0.15, -0.1) is 0 Å². The van der Waals surface area contributed by atoms with Crippen molar-refractivity contribution in [2.45, 2.75) is 26.2 Å². The Morgan fingerprint density at radius 3 is 2.94 bits per heavy atom. The summed E-state index contributed by atoms with van der Waals surface area (Å²) in [6.45, 7) is 2.58. The van der Waals surface area contributed by atoms with E-state index in [1.165, 1.54) is 12.8 Å². The molecule has 1 aromatic heterocycles. The van der Waals surface area contributed by atoms with Crippen LogP contribution in [0.2, 0.25) is 0 Å². The molecule has 0 atom stereocenters. The molecule has 1 saturated carbocycles. The first kappa shape index (κ1) is 10.9. The average molecular weight is 219 g/mol. The summed E-state index contributed by atoms with van der Waals surface area (Å²) in [6.07, 6.45) is 3.78. The summed E-state index contributed by atoms with van der Waals surface area (Å²) in [4.78, 5) is 4.26. The standard InChI is InChI=1S/C12H17N3O/c1-8-6-10(12(13)14)7-11(15-8)16-5-4-9-2-3-9/h6-7,9H,2-5H2,1H3,(H3,13,14). The Balaban J connectivity index is 1.98. The summed E-state index contributed by atoms with van der Waals surface area (Å²) in [7, 11) is 0. The maximum Gasteiger partial charge on any atom is 0.214 e. The Hall–Kier alpha value is -1.58. The van der Waals surface area contributed by atoms with Crippen LogP contribution < -0.4 is 10.5 Å². The van der Waals surface area contributed by atoms with Crippen LogP contribution in [0.3, 0.4) is 0 Å². The molecule has 3 N–H and O–H groups in total. The molecule has 0 spiro atoms. The van der Waals surface area contributed by atoms with E-state index in [0.29, 0.717) is 18.1 Å². The van der Waals surface area contributed by atoms with Crippen LogP contribution in [-0.4, -0.2) is 17.4 Å². The molecule has 1 aromatic rings. The number of nitrogens with one attached hydrogen (secondary N) is 1. The first-order valence-electron chi connectivity index (χ1n) is 5.61. The Kier molecular flexibility index (Phi) is 3.08. The molecule has 4 heteroatoms. The minimum absolute atomic E-state index is 0.0533. The molecule has 0 bridgehead atoms. The smallest absolute Gasteiger partial charge is 0.214 e. The number of rotatable bonds is 5. The monoisotopic (exact) mass is 219 g/mol. The third-order valence-electron chi connectivity index (χ3n) is 2.71. The van der Waals surface area contributed by atoms with Crippen molar-refractivity contribution in [3.8, 4) is 5.88 Å². The molecule has 0 amide bonds. The molecule has 16 heavy (non-hydrogen) atoms. The quantitative estimate of drug-likeness (QED) is 0.586. The zero-order chi connectivity index (χ0) is 11.5. The van der Waals surface area contributed by atoms with Crippen LogP contribution in [0.25, 0.3) is 0 Å². The molecule has 86 valence electrons. The zero-order valence-electron chi connectivity index (χ0n) is 9.49. The number of hydrogen-bond donors (Lipinski definition) is 2. The van der Waals surface area contributed by atoms with Crippen molar-refractivity contribution < 1.29 is 4.74 Å². The highest BCUT2D eigenvalue weighted by Gasteiger charge is 2.20. The number of amidine groups is 1. The number of nitrogens with two attached hydrogens (primary N) is 1. The summed E-state index contributed by atoms with van der Waals surface area (Å²) < 4.78 is 5.57. The summed E-state index contributed by atoms with van der Waals surface area (Å²) >= 11 is 0. The van der Waals surface area contributed by atoms with Crippen LogP contribution in [0.4, 0.5) is 0 Å². The summed E-state index contributed by atoms with van der Waals surface area (Å²) in [5.74, 6) is 1.49. The molecule has 1 aliphatic carbocycles. The van der Waals surface area contributed by atoms with Gasteiger partial charge in [-0.3, -0.25) is 5.41 Å². The van der Waals surface area contributed by atoms with Crippen molar-refractivity contribution in [2.75, 3.05) is 6.61 Å². The van der Waals surface area contributed by atoms with Gasteiger partial charge < -0.3 is 10.5 Å². The van der Waals surface area contributed by atoms with E-state index >= 15 is 0 Å². The average Bonchev–Trinajstić information content (AvgIpc) is 3.01. The van der Waals surface area contributed by atoms with Gasteiger partial charge in [0, 0.05) is 17.3 Å². The van der Waals surface area contributed by atoms with E-state index in [9.17, 15) is 0 Å². The second-order valence-electron chi connectivity index (χ2n) is 4.33. The van der Waals surface area contributed by atoms with E-state index in [2.05, 4.69) is 4.98 Å². The Morgan fingerprint density at radius 1 is 1.56 bits per heavy atom. The minimum atomic E-state index is 0.0533. The fourth-order valence-electron chi connectivity index (χ4n) is 1.60. The Morgan fingerprint density at radius 2 is 2.31 bits per heavy atom. The number of hydrogen-bond acceptors (Lipinski definition) is 3. The maximum atomic E-state index is 7.38. The molecular formula is C12H17N3O. The van der Waals surface area contributed by atoms with Crippen LogP contribution in [0.15, 0.2) is 12.1 Å². The number of nitrogens with zero attached hydrogens (tertiary/aromatic N) is 1. The van der Waals surface area contributed by atoms with Crippen molar-refractivity contribution in [2.24, 2.45) is 11.7 Å². The minimum Gasteiger partial charge on any atom is -0.478 e. The van der Waals surface area contributed by atoms with Gasteiger partial charge in [-0.05, 0) is 25.3 Å². The summed E-state index contributed by atoms with van der Waals surface area (Å²) in [5, 5.41) is 7.38. The largest absolute Gasteiger partial charge is 0.478 e. The zero-order valence-corrected chi connectivity index (χ0v) is 9.49. The highest BCUT2D eigenvalue weighted by atomic mass is 16.5. The van der Waals surface area contributed by atoms with E-state index in [4.69, 9.17) is 15.9 Å². The molecular weight excluding hydrogens is 202 g/mol. The van der Waals surface area contributed by atoms with Crippen LogP contribution in [0, 0.1) is 18.3 Å². The molecule has 0 saturated heterocycles. The molecule has 1 fully saturated rings. The molecule has 1 heterocycles. The van der Waals surface area contributed by atoms with Gasteiger partial charge in [-0.25, -0.2) is 4.98 Å². The molecule has 0 aliphatic heterocycles. The van der Waals surface area contributed by atoms with Gasteiger partial charge in [-0.1, -0.05) is 12.8 Å². The van der Waals surface area contributed by atoms with Gasteiger partial charge in [0.1, 0.15) is 5.84 Å². The molecule has 0 radical (unpaired) electrons. The van der Waals surface area contributed by atoms with Gasteiger partial charge >= 0.3 is 0 Å². The van der Waals surface area contributed by atoms with Gasteiger partial charge in [0.15, 0.2) is 0 Å². The third kappa shape index (κ3) is 2.95. The normalized spacial score (nSPS) is 14.8. The predicted molar refractivity (Wildman–Crippen MR) is 62.8 cm³/mol. The van der Waals surface area contributed by atoms with Crippen LogP contribution >= 0.6 is 0 Å². The maximum absolute atomic E-state index is 7.38. The van der Waals surface area contributed by atoms with Crippen LogP contribution in [0.5, 0.6) is 5.88 Å². The molecule has 0 unspecified atom stereocenters. The topological polar surface area (TPSA) is 72.0 Å². The van der Waals surface area contributed by atoms with Crippen LogP contribution in [0.1, 0.15) is 30.5 Å². The lowest BCUT2D eigenvalue weighted by molar-refractivity contribution is 0.291. The molecule has 0 aromatic carbocycles. The van der Waals surface area contributed by atoms with Crippen molar-refractivity contribution in [1.82, 2.24) is 4.98 Å². The number of pyridine rings is 1. The SMILES string of the molecule is Cc1cc(C(=N)N)cc(OCCC2CC2)n1. The Bertz CT molecular complexity index is 399. The lowest BCUT2D eigenvalue weighted by Crippen LogP contribution is -2.12. The second-order valence-corrected chi connectivity index (χ2v) is 4.33. The number of ether oxygens (including phenoxy) is 1. The van der Waals surface area contributed by atoms with Crippen molar-refractivity contribution in [3.05, 3.63) is 23.4 Å². The van der Waals surface area contributed by atoms with Crippen molar-refractivity contribution >= 4 is 5.84 Å². The summed E-state index contributed by atoms with van der Waals surface area (Å²) in [5.41, 5.74) is 6.94. The third-order valence-corrected chi connectivity index (χ3v) is 2.71. The van der Waals surface area contributed by atoms with E-state index in [-0.39, 0.29) is 5.84 Å². The molecule has 1 aliphatic rings. The number of aryl methyl sites for hydroxylation is 1.